The van der Waals surface area contributed by atoms with Crippen LogP contribution in [0.4, 0.5) is 0 Å². The van der Waals surface area contributed by atoms with Gasteiger partial charge in [-0.05, 0) is 77.0 Å². The summed E-state index contributed by atoms with van der Waals surface area (Å²) in [6.45, 7) is 4.83. The zero-order valence-electron chi connectivity index (χ0n) is 41.5. The molecule has 0 heterocycles. The number of unbranched alkanes of at least 4 members (excludes halogenated alkanes) is 24. The fourth-order valence-electron chi connectivity index (χ4n) is 7.01. The Morgan fingerprint density at radius 2 is 0.857 bits per heavy atom. The van der Waals surface area contributed by atoms with Gasteiger partial charge in [-0.2, -0.15) is 0 Å². The molecule has 0 spiro atoms. The Hall–Kier alpha value is -2.75. The van der Waals surface area contributed by atoms with Crippen molar-refractivity contribution in [3.05, 3.63) is 48.6 Å². The molecule has 0 aliphatic carbocycles. The number of nitrogens with zero attached hydrogens (tertiary/aromatic N) is 1. The van der Waals surface area contributed by atoms with Crippen LogP contribution in [0.15, 0.2) is 48.6 Å². The average molecular weight is 889 g/mol. The van der Waals surface area contributed by atoms with Gasteiger partial charge >= 0.3 is 17.9 Å². The molecule has 366 valence electrons. The molecule has 0 aliphatic heterocycles. The first kappa shape index (κ1) is 60.2. The monoisotopic (exact) mass is 889 g/mol. The molecule has 1 N–H and O–H groups in total. The number of quaternary nitrogens is 1. The fourth-order valence-corrected chi connectivity index (χ4v) is 7.01. The van der Waals surface area contributed by atoms with Gasteiger partial charge in [-0.15, -0.1) is 0 Å². The third-order valence-corrected chi connectivity index (χ3v) is 11.1. The Bertz CT molecular complexity index is 1170. The predicted octanol–water partition coefficient (Wildman–Crippen LogP) is 14.3. The van der Waals surface area contributed by atoms with Crippen LogP contribution in [0.5, 0.6) is 0 Å². The second kappa shape index (κ2) is 45.8. The number of carbonyl (C=O) groups is 3. The maximum Gasteiger partial charge on any atom is 0.361 e. The van der Waals surface area contributed by atoms with Crippen LogP contribution in [-0.2, 0) is 33.3 Å². The minimum Gasteiger partial charge on any atom is -0.477 e. The Kier molecular flexibility index (Phi) is 43.8. The normalized spacial score (nSPS) is 13.2. The van der Waals surface area contributed by atoms with Crippen LogP contribution in [0, 0.1) is 0 Å². The molecule has 0 rings (SSSR count). The molecule has 0 aliphatic rings. The Labute approximate surface area is 387 Å². The van der Waals surface area contributed by atoms with Crippen LogP contribution in [-0.4, -0.2) is 87.4 Å². The summed E-state index contributed by atoms with van der Waals surface area (Å²) in [6, 6.07) is 0. The molecule has 9 nitrogen and oxygen atoms in total. The van der Waals surface area contributed by atoms with Crippen LogP contribution in [0.25, 0.3) is 0 Å². The van der Waals surface area contributed by atoms with E-state index in [-0.39, 0.29) is 38.6 Å². The zero-order chi connectivity index (χ0) is 46.3. The van der Waals surface area contributed by atoms with Gasteiger partial charge < -0.3 is 28.5 Å². The minimum atomic E-state index is -1.51. The molecular formula is C54H98NO8+. The van der Waals surface area contributed by atoms with Crippen molar-refractivity contribution in [2.45, 2.75) is 232 Å². The second-order valence-electron chi connectivity index (χ2n) is 18.5. The summed E-state index contributed by atoms with van der Waals surface area (Å²) in [5.41, 5.74) is 0. The number of hydrogen-bond acceptors (Lipinski definition) is 7. The molecule has 0 fully saturated rings. The van der Waals surface area contributed by atoms with Crippen molar-refractivity contribution < 1.29 is 42.9 Å². The summed E-state index contributed by atoms with van der Waals surface area (Å²) < 4.78 is 22.8. The first-order valence-electron chi connectivity index (χ1n) is 25.8. The highest BCUT2D eigenvalue weighted by Gasteiger charge is 2.25. The maximum atomic E-state index is 12.8. The molecule has 0 saturated carbocycles. The highest BCUT2D eigenvalue weighted by Crippen LogP contribution is 2.15. The van der Waals surface area contributed by atoms with Crippen molar-refractivity contribution in [3.8, 4) is 0 Å². The lowest BCUT2D eigenvalue weighted by molar-refractivity contribution is -0.870. The van der Waals surface area contributed by atoms with E-state index in [0.29, 0.717) is 11.0 Å². The number of carboxylic acid groups (broad SMARTS) is 1. The molecule has 9 heteroatoms. The Balaban J connectivity index is 4.33. The summed E-state index contributed by atoms with van der Waals surface area (Å²) in [5.74, 6) is -2.02. The van der Waals surface area contributed by atoms with Crippen molar-refractivity contribution in [3.63, 3.8) is 0 Å². The van der Waals surface area contributed by atoms with Crippen molar-refractivity contribution >= 4 is 17.9 Å². The Morgan fingerprint density at radius 1 is 0.476 bits per heavy atom. The molecule has 2 atom stereocenters. The number of carbonyl (C=O) groups excluding carboxylic acids is 2. The lowest BCUT2D eigenvalue weighted by atomic mass is 10.0. The molecule has 0 aromatic heterocycles. The molecule has 0 aromatic carbocycles. The molecule has 0 saturated heterocycles. The smallest absolute Gasteiger partial charge is 0.361 e. The quantitative estimate of drug-likeness (QED) is 0.0212. The molecule has 63 heavy (non-hydrogen) atoms. The summed E-state index contributed by atoms with van der Waals surface area (Å²) in [6.07, 6.45) is 51.7. The first-order valence-corrected chi connectivity index (χ1v) is 25.8. The number of allylic oxidation sites excluding steroid dienone is 8. The van der Waals surface area contributed by atoms with Crippen molar-refractivity contribution in [2.24, 2.45) is 0 Å². The number of carboxylic acids is 1. The van der Waals surface area contributed by atoms with Crippen molar-refractivity contribution in [1.29, 1.82) is 0 Å². The van der Waals surface area contributed by atoms with E-state index in [9.17, 15) is 19.5 Å². The van der Waals surface area contributed by atoms with Crippen LogP contribution in [0.3, 0.4) is 0 Å². The van der Waals surface area contributed by atoms with E-state index in [4.69, 9.17) is 18.9 Å². The van der Waals surface area contributed by atoms with Gasteiger partial charge in [0.15, 0.2) is 6.10 Å². The lowest BCUT2D eigenvalue weighted by Gasteiger charge is -2.25. The molecule has 0 bridgehead atoms. The van der Waals surface area contributed by atoms with E-state index in [1.54, 1.807) is 0 Å². The van der Waals surface area contributed by atoms with E-state index in [2.05, 4.69) is 62.5 Å². The minimum absolute atomic E-state index is 0.184. The number of ether oxygens (including phenoxy) is 4. The third-order valence-electron chi connectivity index (χ3n) is 11.1. The lowest BCUT2D eigenvalue weighted by Crippen LogP contribution is -2.40. The van der Waals surface area contributed by atoms with E-state index < -0.39 is 24.3 Å². The van der Waals surface area contributed by atoms with Gasteiger partial charge in [-0.1, -0.05) is 178 Å². The summed E-state index contributed by atoms with van der Waals surface area (Å²) in [7, 11) is 5.96. The van der Waals surface area contributed by atoms with Gasteiger partial charge in [-0.3, -0.25) is 9.59 Å². The van der Waals surface area contributed by atoms with Gasteiger partial charge in [-0.25, -0.2) is 4.79 Å². The van der Waals surface area contributed by atoms with Crippen LogP contribution in [0.1, 0.15) is 219 Å². The molecule has 2 unspecified atom stereocenters. The van der Waals surface area contributed by atoms with Gasteiger partial charge in [0.1, 0.15) is 13.2 Å². The van der Waals surface area contributed by atoms with Crippen LogP contribution < -0.4 is 0 Å². The molecule has 0 amide bonds. The first-order chi connectivity index (χ1) is 30.6. The number of likely N-dealkylation sites (N-methyl/N-ethyl adjacent to an activating group) is 1. The average Bonchev–Trinajstić information content (AvgIpc) is 3.24. The number of rotatable bonds is 47. The third kappa shape index (κ3) is 47.0. The van der Waals surface area contributed by atoms with E-state index in [0.717, 1.165) is 70.6 Å². The number of aliphatic carboxylic acids is 1. The summed E-state index contributed by atoms with van der Waals surface area (Å²) in [5, 5.41) is 9.67. The van der Waals surface area contributed by atoms with Gasteiger partial charge in [0, 0.05) is 12.8 Å². The van der Waals surface area contributed by atoms with Crippen molar-refractivity contribution in [1.82, 2.24) is 0 Å². The predicted molar refractivity (Wildman–Crippen MR) is 263 cm³/mol. The number of esters is 2. The highest BCUT2D eigenvalue weighted by molar-refractivity contribution is 5.71. The topological polar surface area (TPSA) is 108 Å². The second-order valence-corrected chi connectivity index (χ2v) is 18.5. The summed E-state index contributed by atoms with van der Waals surface area (Å²) >= 11 is 0. The van der Waals surface area contributed by atoms with Gasteiger partial charge in [0.05, 0.1) is 34.4 Å². The van der Waals surface area contributed by atoms with Crippen molar-refractivity contribution in [2.75, 3.05) is 47.5 Å². The largest absolute Gasteiger partial charge is 0.477 e. The number of hydrogen-bond donors (Lipinski definition) is 1. The molecule has 0 aromatic rings. The standard InChI is InChI=1S/C54H97NO8/c1-6-8-10-12-14-16-18-20-22-23-24-25-26-27-28-29-31-33-35-37-39-41-43-45-52(57)63-50(49-62-54(53(58)59)60-47-46-55(3,4)5)48-61-51(56)44-42-40-38-36-34-32-30-21-19-17-15-13-11-9-7-2/h15,17-18,20-21,23-24,30,50,54H,6-14,16,19,22,25-29,31-49H2,1-5H3/p+1/b17-15-,20-18-,24-23-,30-21-. The van der Waals surface area contributed by atoms with E-state index >= 15 is 0 Å². The fraction of sp³-hybridized carbons (Fsp3) is 0.796. The van der Waals surface area contributed by atoms with Crippen LogP contribution in [0.2, 0.25) is 0 Å². The van der Waals surface area contributed by atoms with Gasteiger partial charge in [0.2, 0.25) is 0 Å². The van der Waals surface area contributed by atoms with E-state index in [1.165, 1.54) is 122 Å². The molecule has 0 radical (unpaired) electrons. The SMILES string of the molecule is CCCCC/C=C\C/C=C\CCCCCCCC(=O)OCC(COC(OCC[N+](C)(C)C)C(=O)O)OC(=O)CCCCCCCCCCCCC/C=C\C/C=C\CCCCCCC. The van der Waals surface area contributed by atoms with Crippen LogP contribution >= 0.6 is 0 Å². The zero-order valence-corrected chi connectivity index (χ0v) is 41.5. The Morgan fingerprint density at radius 3 is 1.29 bits per heavy atom. The molecular weight excluding hydrogens is 791 g/mol. The summed E-state index contributed by atoms with van der Waals surface area (Å²) in [4.78, 5) is 37.3. The van der Waals surface area contributed by atoms with E-state index in [1.807, 2.05) is 21.1 Å². The maximum absolute atomic E-state index is 12.8. The highest BCUT2D eigenvalue weighted by atomic mass is 16.7. The van der Waals surface area contributed by atoms with Gasteiger partial charge in [0.25, 0.3) is 6.29 Å².